The van der Waals surface area contributed by atoms with Gasteiger partial charge in [-0.1, -0.05) is 45.0 Å². The smallest absolute Gasteiger partial charge is 0.508 e. The SMILES string of the molecule is CCOC(=O)c1nnn(Cc2ccc(OC)cc2)c1Oc1ccc(OC(F)(F)F)cc1.COc1ccc(Cn2nnc(C(=O)O)c2Oc2ccc(OC(F)(F)F)cc2)cc1.O=C(O)c1[nH]nnc1Oc1ccc(OC(F)(F)F)cc1.Oc1ccc(OC(F)(F)F)cc1. The standard InChI is InChI=1S/C20H18F3N3O5.C18H14F3N3O5.C10H6F3N3O4.C7H5F3O2/c1-3-29-19(27)17-18(30-15-8-10-16(11-9-15)31-20(21,22)23)26(25-24-17)12-13-4-6-14(28-2)7-5-13;1-27-12-4-2-11(3-5-12)10-24-16(15(17(25)26)22-23-24)28-13-6-8-14(9-7-13)29-18(19,20)21;11-10(12,13)20-6-3-1-5(2-4-6)19-8-7(9(17)18)14-16-15-8;8-7(9,10)12-6-3-1-5(11)2-4-6/h4-11H,3,12H2,1-2H3;2-9H,10H2,1H3,(H,25,26);1-4H,(H,17,18)(H,14,15,16);1-4,11H. The van der Waals surface area contributed by atoms with E-state index in [9.17, 15) is 72.2 Å². The van der Waals surface area contributed by atoms with Crippen molar-refractivity contribution < 1.29 is 130 Å². The molecule has 9 aromatic rings. The summed E-state index contributed by atoms with van der Waals surface area (Å²) in [7, 11) is 3.08. The predicted octanol–water partition coefficient (Wildman–Crippen LogP) is 12.4. The molecule has 4 N–H and O–H groups in total. The summed E-state index contributed by atoms with van der Waals surface area (Å²) in [4.78, 5) is 34.4. The Kier molecular flexibility index (Phi) is 23.4. The number of carboxylic acids is 2. The van der Waals surface area contributed by atoms with Crippen LogP contribution >= 0.6 is 0 Å². The Morgan fingerprint density at radius 2 is 0.772 bits per heavy atom. The second-order valence-electron chi connectivity index (χ2n) is 17.2. The Morgan fingerprint density at radius 3 is 1.11 bits per heavy atom. The number of halogens is 12. The summed E-state index contributed by atoms with van der Waals surface area (Å²) in [5.74, 6) is -4.01. The number of aromatic nitrogens is 9. The Balaban J connectivity index is 0.000000204. The van der Waals surface area contributed by atoms with Gasteiger partial charge in [0.1, 0.15) is 57.5 Å². The fraction of sp³-hybridized carbons (Fsp3) is 0.182. The number of aromatic hydroxyl groups is 1. The summed E-state index contributed by atoms with van der Waals surface area (Å²) in [5, 5.41) is 50.7. The van der Waals surface area contributed by atoms with Crippen molar-refractivity contribution in [3.63, 3.8) is 0 Å². The normalized spacial score (nSPS) is 11.2. The molecule has 6 aromatic carbocycles. The van der Waals surface area contributed by atoms with Crippen LogP contribution in [0.15, 0.2) is 146 Å². The Hall–Kier alpha value is -11.7. The lowest BCUT2D eigenvalue weighted by Gasteiger charge is -2.11. The number of ether oxygens (including phenoxy) is 10. The molecule has 0 spiro atoms. The largest absolute Gasteiger partial charge is 0.573 e. The topological polar surface area (TPSA) is 307 Å². The number of phenolic OH excluding ortho intramolecular Hbond substituents is 1. The van der Waals surface area contributed by atoms with Crippen molar-refractivity contribution in [1.82, 2.24) is 45.4 Å². The molecule has 0 aliphatic heterocycles. The molecule has 0 bridgehead atoms. The van der Waals surface area contributed by atoms with Gasteiger partial charge in [-0.2, -0.15) is 0 Å². The van der Waals surface area contributed by atoms with Crippen LogP contribution in [0.25, 0.3) is 0 Å². The maximum absolute atomic E-state index is 12.3. The zero-order valence-electron chi connectivity index (χ0n) is 46.7. The number of nitrogens with zero attached hydrogens (tertiary/aromatic N) is 8. The second kappa shape index (κ2) is 31.0. The highest BCUT2D eigenvalue weighted by Gasteiger charge is 2.34. The fourth-order valence-corrected chi connectivity index (χ4v) is 6.83. The first-order valence-corrected chi connectivity index (χ1v) is 25.2. The van der Waals surface area contributed by atoms with Gasteiger partial charge in [0.05, 0.1) is 33.9 Å². The van der Waals surface area contributed by atoms with Gasteiger partial charge in [0.2, 0.25) is 17.1 Å². The average Bonchev–Trinajstić information content (AvgIpc) is 1.72. The number of H-pyrrole nitrogens is 1. The number of aromatic amines is 1. The van der Waals surface area contributed by atoms with Crippen LogP contribution < -0.4 is 42.6 Å². The third-order valence-corrected chi connectivity index (χ3v) is 10.6. The van der Waals surface area contributed by atoms with Gasteiger partial charge in [-0.3, -0.25) is 0 Å². The Bertz CT molecular complexity index is 3810. The number of benzene rings is 6. The number of carbonyl (C=O) groups excluding carboxylic acids is 1. The number of hydrogen-bond donors (Lipinski definition) is 4. The number of phenols is 1. The molecule has 25 nitrogen and oxygen atoms in total. The van der Waals surface area contributed by atoms with E-state index in [0.29, 0.717) is 11.5 Å². The van der Waals surface area contributed by atoms with Crippen molar-refractivity contribution in [2.75, 3.05) is 20.8 Å². The van der Waals surface area contributed by atoms with Crippen LogP contribution in [0.1, 0.15) is 49.5 Å². The molecule has 0 aliphatic rings. The number of nitrogens with one attached hydrogen (secondary N) is 1. The molecule has 0 saturated heterocycles. The second-order valence-corrected chi connectivity index (χ2v) is 17.2. The highest BCUT2D eigenvalue weighted by atomic mass is 19.4. The van der Waals surface area contributed by atoms with E-state index in [-0.39, 0.29) is 77.5 Å². The van der Waals surface area contributed by atoms with Crippen LogP contribution in [0, 0.1) is 0 Å². The van der Waals surface area contributed by atoms with Crippen LogP contribution in [0.3, 0.4) is 0 Å². The Labute approximate surface area is 507 Å². The highest BCUT2D eigenvalue weighted by molar-refractivity contribution is 5.90. The lowest BCUT2D eigenvalue weighted by atomic mass is 10.2. The number of carbonyl (C=O) groups is 3. The minimum absolute atomic E-state index is 0.0150. The number of alkyl halides is 12. The molecule has 0 fully saturated rings. The van der Waals surface area contributed by atoms with Gasteiger partial charge < -0.3 is 62.7 Å². The lowest BCUT2D eigenvalue weighted by Crippen LogP contribution is -2.17. The van der Waals surface area contributed by atoms with Crippen molar-refractivity contribution in [1.29, 1.82) is 0 Å². The lowest BCUT2D eigenvalue weighted by molar-refractivity contribution is -0.275. The molecule has 488 valence electrons. The maximum Gasteiger partial charge on any atom is 0.573 e. The molecule has 37 heteroatoms. The molecule has 0 radical (unpaired) electrons. The van der Waals surface area contributed by atoms with Gasteiger partial charge in [0.25, 0.3) is 17.6 Å². The monoisotopic (exact) mass is 1310 g/mol. The summed E-state index contributed by atoms with van der Waals surface area (Å²) >= 11 is 0. The highest BCUT2D eigenvalue weighted by Crippen LogP contribution is 2.33. The molecule has 0 unspecified atom stereocenters. The Morgan fingerprint density at radius 1 is 0.446 bits per heavy atom. The van der Waals surface area contributed by atoms with Gasteiger partial charge >= 0.3 is 43.4 Å². The molecule has 92 heavy (non-hydrogen) atoms. The van der Waals surface area contributed by atoms with Crippen molar-refractivity contribution in [3.8, 4) is 75.1 Å². The first-order valence-electron chi connectivity index (χ1n) is 25.2. The van der Waals surface area contributed by atoms with Gasteiger partial charge in [0, 0.05) is 0 Å². The van der Waals surface area contributed by atoms with Gasteiger partial charge in [-0.05, 0) is 139 Å². The van der Waals surface area contributed by atoms with Crippen molar-refractivity contribution in [2.24, 2.45) is 0 Å². The minimum atomic E-state index is -4.82. The number of rotatable bonds is 20. The van der Waals surface area contributed by atoms with E-state index in [1.54, 1.807) is 62.6 Å². The molecule has 3 aromatic heterocycles. The molecule has 0 aliphatic carbocycles. The van der Waals surface area contributed by atoms with Crippen LogP contribution in [0.2, 0.25) is 0 Å². The van der Waals surface area contributed by atoms with Crippen LogP contribution in [0.5, 0.6) is 75.1 Å². The summed E-state index contributed by atoms with van der Waals surface area (Å²) < 4.78 is 193. The molecule has 9 rings (SSSR count). The molecule has 0 atom stereocenters. The zero-order valence-corrected chi connectivity index (χ0v) is 46.7. The molecular formula is C55H43F12N9O16. The summed E-state index contributed by atoms with van der Waals surface area (Å²) in [6.07, 6.45) is -19.1. The molecule has 3 heterocycles. The molecule has 0 amide bonds. The van der Waals surface area contributed by atoms with Crippen LogP contribution in [-0.2, 0) is 17.8 Å². The third-order valence-electron chi connectivity index (χ3n) is 10.6. The van der Waals surface area contributed by atoms with Crippen molar-refractivity contribution in [2.45, 2.75) is 45.5 Å². The maximum atomic E-state index is 12.3. The first-order chi connectivity index (χ1) is 43.4. The van der Waals surface area contributed by atoms with Crippen molar-refractivity contribution in [3.05, 3.63) is 174 Å². The number of esters is 1. The van der Waals surface area contributed by atoms with Gasteiger partial charge in [-0.25, -0.2) is 28.8 Å². The van der Waals surface area contributed by atoms with E-state index in [2.05, 4.69) is 55.0 Å². The van der Waals surface area contributed by atoms with Gasteiger partial charge in [-0.15, -0.1) is 62.9 Å². The van der Waals surface area contributed by atoms with E-state index < -0.39 is 66.3 Å². The van der Waals surface area contributed by atoms with Crippen LogP contribution in [-0.4, -0.2) is 125 Å². The fourth-order valence-electron chi connectivity index (χ4n) is 6.83. The van der Waals surface area contributed by atoms with Crippen molar-refractivity contribution >= 4 is 17.9 Å². The number of methoxy groups -OCH3 is 2. The van der Waals surface area contributed by atoms with Crippen LogP contribution in [0.4, 0.5) is 52.7 Å². The van der Waals surface area contributed by atoms with E-state index in [0.717, 1.165) is 71.8 Å². The summed E-state index contributed by atoms with van der Waals surface area (Å²) in [6.45, 7) is 2.11. The average molecular weight is 1310 g/mol. The third kappa shape index (κ3) is 22.8. The number of carboxylic acid groups (broad SMARTS) is 2. The van der Waals surface area contributed by atoms with E-state index in [1.165, 1.54) is 52.9 Å². The quantitative estimate of drug-likeness (QED) is 0.0407. The van der Waals surface area contributed by atoms with Gasteiger partial charge in [0.15, 0.2) is 0 Å². The predicted molar refractivity (Wildman–Crippen MR) is 285 cm³/mol. The first kappa shape index (κ1) is 69.4. The zero-order chi connectivity index (χ0) is 67.4. The van der Waals surface area contributed by atoms with E-state index in [1.807, 2.05) is 0 Å². The molecular weight excluding hydrogens is 1270 g/mol. The number of hydrogen-bond acceptors (Lipinski definition) is 20. The summed E-state index contributed by atoms with van der Waals surface area (Å²) in [6, 6.07) is 32.0. The molecule has 0 saturated carbocycles. The van der Waals surface area contributed by atoms with E-state index in [4.69, 9.17) is 38.6 Å². The number of aromatic carboxylic acids is 2. The van der Waals surface area contributed by atoms with E-state index >= 15 is 0 Å². The minimum Gasteiger partial charge on any atom is -0.508 e. The summed E-state index contributed by atoms with van der Waals surface area (Å²) in [5.41, 5.74) is 0.618.